The predicted octanol–water partition coefficient (Wildman–Crippen LogP) is 5.21. The topological polar surface area (TPSA) is 52.3 Å². The molecule has 0 aliphatic rings. The van der Waals surface area contributed by atoms with Crippen LogP contribution in [0.15, 0.2) is 82.7 Å². The highest BCUT2D eigenvalue weighted by molar-refractivity contribution is 7.13. The Labute approximate surface area is 154 Å². The molecule has 0 amide bonds. The monoisotopic (exact) mass is 361 g/mol. The Balaban J connectivity index is 1.40. The summed E-state index contributed by atoms with van der Waals surface area (Å²) in [7, 11) is 0. The van der Waals surface area contributed by atoms with Gasteiger partial charge in [-0.25, -0.2) is 0 Å². The molecule has 0 bridgehead atoms. The molecule has 0 unspecified atom stereocenters. The van der Waals surface area contributed by atoms with Crippen molar-refractivity contribution in [3.8, 4) is 16.4 Å². The van der Waals surface area contributed by atoms with Crippen molar-refractivity contribution in [1.82, 2.24) is 5.16 Å². The maximum Gasteiger partial charge on any atom is 0.193 e. The van der Waals surface area contributed by atoms with Crippen molar-refractivity contribution in [2.24, 2.45) is 0 Å². The van der Waals surface area contributed by atoms with Crippen molar-refractivity contribution in [3.05, 3.63) is 95.0 Å². The molecular weight excluding hydrogens is 346 g/mol. The number of ketones is 1. The van der Waals surface area contributed by atoms with Crippen molar-refractivity contribution in [1.29, 1.82) is 0 Å². The predicted molar refractivity (Wildman–Crippen MR) is 100 cm³/mol. The van der Waals surface area contributed by atoms with Crippen molar-refractivity contribution >= 4 is 17.1 Å². The molecule has 4 rings (SSSR count). The quantitative estimate of drug-likeness (QED) is 0.442. The van der Waals surface area contributed by atoms with E-state index in [4.69, 9.17) is 9.26 Å². The minimum atomic E-state index is -0.00533. The van der Waals surface area contributed by atoms with E-state index < -0.39 is 0 Å². The molecule has 0 saturated heterocycles. The maximum absolute atomic E-state index is 12.4. The molecule has 128 valence electrons. The van der Waals surface area contributed by atoms with E-state index in [0.717, 1.165) is 16.3 Å². The maximum atomic E-state index is 12.4. The standard InChI is InChI=1S/C21H15NO3S/c23-21(15-5-2-1-3-6-15)16-8-10-18(11-9-16)24-14-17-13-19(25-22-17)20-7-4-12-26-20/h1-13H,14H2. The lowest BCUT2D eigenvalue weighted by atomic mass is 10.0. The van der Waals surface area contributed by atoms with Gasteiger partial charge >= 0.3 is 0 Å². The largest absolute Gasteiger partial charge is 0.487 e. The van der Waals surface area contributed by atoms with Crippen LogP contribution in [0.2, 0.25) is 0 Å². The van der Waals surface area contributed by atoms with E-state index in [1.54, 1.807) is 35.6 Å². The smallest absolute Gasteiger partial charge is 0.193 e. The van der Waals surface area contributed by atoms with E-state index in [-0.39, 0.29) is 5.78 Å². The lowest BCUT2D eigenvalue weighted by Gasteiger charge is -2.05. The molecule has 4 aromatic rings. The Morgan fingerprint density at radius 3 is 2.46 bits per heavy atom. The van der Waals surface area contributed by atoms with Crippen LogP contribution in [0.3, 0.4) is 0 Å². The molecule has 0 aliphatic carbocycles. The van der Waals surface area contributed by atoms with Gasteiger partial charge in [0.1, 0.15) is 18.1 Å². The third-order valence-electron chi connectivity index (χ3n) is 3.86. The van der Waals surface area contributed by atoms with Crippen LogP contribution in [0.1, 0.15) is 21.6 Å². The fourth-order valence-corrected chi connectivity index (χ4v) is 3.20. The first-order valence-corrected chi connectivity index (χ1v) is 9.00. The number of hydrogen-bond donors (Lipinski definition) is 0. The second-order valence-electron chi connectivity index (χ2n) is 5.67. The number of carbonyl (C=O) groups excluding carboxylic acids is 1. The average molecular weight is 361 g/mol. The number of carbonyl (C=O) groups is 1. The number of aromatic nitrogens is 1. The lowest BCUT2D eigenvalue weighted by molar-refractivity contribution is 0.103. The van der Waals surface area contributed by atoms with Crippen molar-refractivity contribution in [2.75, 3.05) is 0 Å². The van der Waals surface area contributed by atoms with Gasteiger partial charge < -0.3 is 9.26 Å². The highest BCUT2D eigenvalue weighted by Crippen LogP contribution is 2.25. The number of rotatable bonds is 6. The second kappa shape index (κ2) is 7.37. The van der Waals surface area contributed by atoms with Crippen LogP contribution in [0.25, 0.3) is 10.6 Å². The number of nitrogens with zero attached hydrogens (tertiary/aromatic N) is 1. The molecular formula is C21H15NO3S. The second-order valence-corrected chi connectivity index (χ2v) is 6.62. The summed E-state index contributed by atoms with van der Waals surface area (Å²) in [6, 6.07) is 22.2. The van der Waals surface area contributed by atoms with Crippen LogP contribution in [0.5, 0.6) is 5.75 Å². The summed E-state index contributed by atoms with van der Waals surface area (Å²) in [6.45, 7) is 0.306. The average Bonchev–Trinajstić information content (AvgIpc) is 3.38. The van der Waals surface area contributed by atoms with Crippen molar-refractivity contribution < 1.29 is 14.1 Å². The van der Waals surface area contributed by atoms with Gasteiger partial charge in [0.15, 0.2) is 11.5 Å². The summed E-state index contributed by atoms with van der Waals surface area (Å²) in [4.78, 5) is 13.4. The summed E-state index contributed by atoms with van der Waals surface area (Å²) in [5, 5.41) is 6.02. The van der Waals surface area contributed by atoms with E-state index in [0.29, 0.717) is 23.5 Å². The zero-order valence-corrected chi connectivity index (χ0v) is 14.6. The van der Waals surface area contributed by atoms with Gasteiger partial charge in [-0.3, -0.25) is 4.79 Å². The summed E-state index contributed by atoms with van der Waals surface area (Å²) in [6.07, 6.45) is 0. The molecule has 0 spiro atoms. The van der Waals surface area contributed by atoms with Gasteiger partial charge in [0.2, 0.25) is 0 Å². The van der Waals surface area contributed by atoms with Gasteiger partial charge in [-0.2, -0.15) is 0 Å². The summed E-state index contributed by atoms with van der Waals surface area (Å²) in [5.74, 6) is 1.41. The van der Waals surface area contributed by atoms with Crippen LogP contribution in [0.4, 0.5) is 0 Å². The zero-order valence-electron chi connectivity index (χ0n) is 13.8. The Morgan fingerprint density at radius 1 is 0.962 bits per heavy atom. The molecule has 0 N–H and O–H groups in total. The molecule has 0 aliphatic heterocycles. The fraction of sp³-hybridized carbons (Fsp3) is 0.0476. The normalized spacial score (nSPS) is 10.6. The van der Waals surface area contributed by atoms with Crippen LogP contribution in [0, 0.1) is 0 Å². The molecule has 0 saturated carbocycles. The van der Waals surface area contributed by atoms with Crippen LogP contribution in [-0.2, 0) is 6.61 Å². The van der Waals surface area contributed by atoms with Gasteiger partial charge in [-0.05, 0) is 35.7 Å². The van der Waals surface area contributed by atoms with E-state index >= 15 is 0 Å². The molecule has 2 aromatic heterocycles. The van der Waals surface area contributed by atoms with E-state index in [1.165, 1.54) is 0 Å². The number of benzene rings is 2. The van der Waals surface area contributed by atoms with Gasteiger partial charge in [-0.15, -0.1) is 11.3 Å². The van der Waals surface area contributed by atoms with Crippen LogP contribution >= 0.6 is 11.3 Å². The summed E-state index contributed by atoms with van der Waals surface area (Å²) in [5.41, 5.74) is 2.02. The zero-order chi connectivity index (χ0) is 17.8. The highest BCUT2D eigenvalue weighted by Gasteiger charge is 2.10. The molecule has 4 nitrogen and oxygen atoms in total. The third-order valence-corrected chi connectivity index (χ3v) is 4.75. The SMILES string of the molecule is O=C(c1ccccc1)c1ccc(OCc2cc(-c3cccs3)on2)cc1. The van der Waals surface area contributed by atoms with Crippen molar-refractivity contribution in [2.45, 2.75) is 6.61 Å². The first-order valence-electron chi connectivity index (χ1n) is 8.12. The Morgan fingerprint density at radius 2 is 1.73 bits per heavy atom. The lowest BCUT2D eigenvalue weighted by Crippen LogP contribution is -2.01. The van der Waals surface area contributed by atoms with Gasteiger partial charge in [0, 0.05) is 17.2 Å². The number of ether oxygens (including phenoxy) is 1. The third kappa shape index (κ3) is 3.58. The summed E-state index contributed by atoms with van der Waals surface area (Å²) < 4.78 is 11.1. The first-order chi connectivity index (χ1) is 12.8. The number of hydrogen-bond acceptors (Lipinski definition) is 5. The molecule has 0 fully saturated rings. The molecule has 26 heavy (non-hydrogen) atoms. The summed E-state index contributed by atoms with van der Waals surface area (Å²) >= 11 is 1.60. The Bertz CT molecular complexity index is 989. The van der Waals surface area contributed by atoms with Crippen molar-refractivity contribution in [3.63, 3.8) is 0 Å². The minimum absolute atomic E-state index is 0.00533. The van der Waals surface area contributed by atoms with Gasteiger partial charge in [-0.1, -0.05) is 41.6 Å². The van der Waals surface area contributed by atoms with Gasteiger partial charge in [0.05, 0.1) is 4.88 Å². The van der Waals surface area contributed by atoms with E-state index in [1.807, 2.05) is 53.9 Å². The Hall–Kier alpha value is -3.18. The molecule has 5 heteroatoms. The fourth-order valence-electron chi connectivity index (χ4n) is 2.53. The van der Waals surface area contributed by atoms with E-state index in [2.05, 4.69) is 5.16 Å². The van der Waals surface area contributed by atoms with Crippen LogP contribution in [-0.4, -0.2) is 10.9 Å². The molecule has 0 radical (unpaired) electrons. The molecule has 0 atom stereocenters. The van der Waals surface area contributed by atoms with Gasteiger partial charge in [0.25, 0.3) is 0 Å². The van der Waals surface area contributed by atoms with Crippen LogP contribution < -0.4 is 4.74 Å². The molecule has 2 heterocycles. The van der Waals surface area contributed by atoms with E-state index in [9.17, 15) is 4.79 Å². The number of thiophene rings is 1. The first kappa shape index (κ1) is 16.3. The highest BCUT2D eigenvalue weighted by atomic mass is 32.1. The molecule has 2 aromatic carbocycles. The Kier molecular flexibility index (Phi) is 4.62. The minimum Gasteiger partial charge on any atom is -0.487 e.